The Morgan fingerprint density at radius 2 is 1.85 bits per heavy atom. The van der Waals surface area contributed by atoms with Crippen molar-refractivity contribution in [2.45, 2.75) is 0 Å². The minimum Gasteiger partial charge on any atom is -0.497 e. The van der Waals surface area contributed by atoms with Gasteiger partial charge in [-0.25, -0.2) is 4.79 Å². The van der Waals surface area contributed by atoms with Gasteiger partial charge in [-0.3, -0.25) is 4.79 Å². The van der Waals surface area contributed by atoms with Crippen LogP contribution >= 0.6 is 0 Å². The van der Waals surface area contributed by atoms with Crippen LogP contribution < -0.4 is 26.4 Å². The summed E-state index contributed by atoms with van der Waals surface area (Å²) in [4.78, 5) is 24.1. The van der Waals surface area contributed by atoms with Crippen LogP contribution in [0.1, 0.15) is 10.4 Å². The van der Waals surface area contributed by atoms with Crippen molar-refractivity contribution < 1.29 is 14.3 Å². The predicted molar refractivity (Wildman–Crippen MR) is 105 cm³/mol. The number of methoxy groups -OCH3 is 1. The fourth-order valence-electron chi connectivity index (χ4n) is 2.12. The van der Waals surface area contributed by atoms with E-state index < -0.39 is 6.03 Å². The molecule has 0 aromatic heterocycles. The van der Waals surface area contributed by atoms with E-state index in [0.717, 1.165) is 6.21 Å². The van der Waals surface area contributed by atoms with Crippen LogP contribution in [0, 0.1) is 5.41 Å². The van der Waals surface area contributed by atoms with Crippen LogP contribution in [0.5, 0.6) is 5.75 Å². The average molecular weight is 367 g/mol. The maximum atomic E-state index is 12.3. The molecular formula is C19H21N5O3. The molecule has 0 fully saturated rings. The van der Waals surface area contributed by atoms with E-state index in [1.165, 1.54) is 6.20 Å². The molecule has 6 N–H and O–H groups in total. The fourth-order valence-corrected chi connectivity index (χ4v) is 2.12. The minimum absolute atomic E-state index is 0.146. The van der Waals surface area contributed by atoms with Gasteiger partial charge in [-0.05, 0) is 36.4 Å². The normalized spacial score (nSPS) is 10.6. The quantitative estimate of drug-likeness (QED) is 0.482. The maximum Gasteiger partial charge on any atom is 0.319 e. The molecule has 2 aromatic carbocycles. The van der Waals surface area contributed by atoms with Gasteiger partial charge < -0.3 is 31.8 Å². The second kappa shape index (κ2) is 9.62. The topological polar surface area (TPSA) is 129 Å². The van der Waals surface area contributed by atoms with Crippen molar-refractivity contribution in [2.75, 3.05) is 24.3 Å². The zero-order chi connectivity index (χ0) is 19.6. The summed E-state index contributed by atoms with van der Waals surface area (Å²) in [6.07, 6.45) is 2.32. The van der Waals surface area contributed by atoms with Gasteiger partial charge in [-0.2, -0.15) is 0 Å². The van der Waals surface area contributed by atoms with Crippen molar-refractivity contribution in [2.24, 2.45) is 5.73 Å². The first-order valence-corrected chi connectivity index (χ1v) is 8.07. The van der Waals surface area contributed by atoms with Crippen LogP contribution in [-0.2, 0) is 0 Å². The molecule has 140 valence electrons. The van der Waals surface area contributed by atoms with Crippen molar-refractivity contribution in [3.05, 3.63) is 65.9 Å². The van der Waals surface area contributed by atoms with Crippen LogP contribution in [0.15, 0.2) is 60.3 Å². The van der Waals surface area contributed by atoms with Gasteiger partial charge in [-0.15, -0.1) is 0 Å². The van der Waals surface area contributed by atoms with E-state index in [4.69, 9.17) is 15.9 Å². The molecule has 0 saturated heterocycles. The molecule has 8 heteroatoms. The number of rotatable bonds is 7. The standard InChI is InChI=1S/C19H21N5O3/c1-27-17-4-2-3-16(9-17)23-18(25)14-5-7-15(8-6-14)24-19(26)22-12-13(10-20)11-21/h2-11,20H,12,21H2,1H3,(H,23,25)(H2,22,24,26)/b13-11+,20-10?. The number of carbonyl (C=O) groups is 2. The number of nitrogens with two attached hydrogens (primary N) is 1. The van der Waals surface area contributed by atoms with Gasteiger partial charge in [0.05, 0.1) is 7.11 Å². The molecule has 0 radical (unpaired) electrons. The Bertz CT molecular complexity index is 847. The first-order valence-electron chi connectivity index (χ1n) is 8.07. The number of hydrogen-bond donors (Lipinski definition) is 5. The first kappa shape index (κ1) is 19.5. The lowest BCUT2D eigenvalue weighted by atomic mass is 10.2. The molecule has 2 aromatic rings. The van der Waals surface area contributed by atoms with Gasteiger partial charge in [0.25, 0.3) is 5.91 Å². The monoisotopic (exact) mass is 367 g/mol. The highest BCUT2D eigenvalue weighted by molar-refractivity contribution is 6.04. The smallest absolute Gasteiger partial charge is 0.319 e. The Kier molecular flexibility index (Phi) is 6.95. The molecule has 0 aliphatic rings. The van der Waals surface area contributed by atoms with E-state index in [1.807, 2.05) is 0 Å². The van der Waals surface area contributed by atoms with E-state index in [-0.39, 0.29) is 12.5 Å². The zero-order valence-electron chi connectivity index (χ0n) is 14.8. The third-order valence-corrected chi connectivity index (χ3v) is 3.59. The van der Waals surface area contributed by atoms with Crippen molar-refractivity contribution >= 4 is 29.5 Å². The summed E-state index contributed by atoms with van der Waals surface area (Å²) < 4.78 is 5.12. The van der Waals surface area contributed by atoms with Crippen molar-refractivity contribution in [3.8, 4) is 5.75 Å². The van der Waals surface area contributed by atoms with E-state index in [1.54, 1.807) is 55.6 Å². The SMILES string of the molecule is COc1cccc(NC(=O)c2ccc(NC(=O)NC/C(C=N)=C/N)cc2)c1. The highest BCUT2D eigenvalue weighted by Crippen LogP contribution is 2.18. The molecule has 3 amide bonds. The van der Waals surface area contributed by atoms with Crippen LogP contribution in [0.25, 0.3) is 0 Å². The van der Waals surface area contributed by atoms with Crippen molar-refractivity contribution in [1.29, 1.82) is 5.41 Å². The number of ether oxygens (including phenoxy) is 1. The predicted octanol–water partition coefficient (Wildman–Crippen LogP) is 2.56. The van der Waals surface area contributed by atoms with Crippen LogP contribution in [-0.4, -0.2) is 31.8 Å². The summed E-state index contributed by atoms with van der Waals surface area (Å²) in [6, 6.07) is 13.1. The molecular weight excluding hydrogens is 346 g/mol. The number of urea groups is 1. The molecule has 2 rings (SSSR count). The van der Waals surface area contributed by atoms with Crippen LogP contribution in [0.3, 0.4) is 0 Å². The molecule has 0 spiro atoms. The van der Waals surface area contributed by atoms with Crippen molar-refractivity contribution in [3.63, 3.8) is 0 Å². The van der Waals surface area contributed by atoms with E-state index in [9.17, 15) is 9.59 Å². The third-order valence-electron chi connectivity index (χ3n) is 3.59. The first-order chi connectivity index (χ1) is 13.0. The Morgan fingerprint density at radius 1 is 1.11 bits per heavy atom. The number of benzene rings is 2. The van der Waals surface area contributed by atoms with Gasteiger partial charge in [0.2, 0.25) is 0 Å². The molecule has 0 unspecified atom stereocenters. The van der Waals surface area contributed by atoms with Gasteiger partial charge in [0, 0.05) is 47.5 Å². The average Bonchev–Trinajstić information content (AvgIpc) is 2.69. The number of carbonyl (C=O) groups excluding carboxylic acids is 2. The number of nitrogens with one attached hydrogen (secondary N) is 4. The van der Waals surface area contributed by atoms with E-state index in [0.29, 0.717) is 28.3 Å². The summed E-state index contributed by atoms with van der Waals surface area (Å²) in [7, 11) is 1.56. The molecule has 0 aliphatic carbocycles. The van der Waals surface area contributed by atoms with Crippen molar-refractivity contribution in [1.82, 2.24) is 5.32 Å². The zero-order valence-corrected chi connectivity index (χ0v) is 14.8. The molecule has 27 heavy (non-hydrogen) atoms. The Labute approximate surface area is 156 Å². The molecule has 0 bridgehead atoms. The molecule has 0 saturated carbocycles. The summed E-state index contributed by atoms with van der Waals surface area (Å²) in [5, 5.41) is 15.1. The molecule has 0 atom stereocenters. The second-order valence-corrected chi connectivity index (χ2v) is 5.46. The highest BCUT2D eigenvalue weighted by atomic mass is 16.5. The van der Waals surface area contributed by atoms with E-state index >= 15 is 0 Å². The Hall–Kier alpha value is -3.81. The lowest BCUT2D eigenvalue weighted by molar-refractivity contribution is 0.102. The van der Waals surface area contributed by atoms with Gasteiger partial charge in [0.15, 0.2) is 0 Å². The summed E-state index contributed by atoms with van der Waals surface area (Å²) in [6.45, 7) is 0.146. The van der Waals surface area contributed by atoms with Gasteiger partial charge in [0.1, 0.15) is 5.75 Å². The van der Waals surface area contributed by atoms with Gasteiger partial charge >= 0.3 is 6.03 Å². The largest absolute Gasteiger partial charge is 0.497 e. The lowest BCUT2D eigenvalue weighted by Crippen LogP contribution is -2.30. The van der Waals surface area contributed by atoms with Gasteiger partial charge in [-0.1, -0.05) is 6.07 Å². The summed E-state index contributed by atoms with van der Waals surface area (Å²) >= 11 is 0. The number of amides is 3. The summed E-state index contributed by atoms with van der Waals surface area (Å²) in [5.41, 5.74) is 7.38. The lowest BCUT2D eigenvalue weighted by Gasteiger charge is -2.09. The van der Waals surface area contributed by atoms with Crippen LogP contribution in [0.2, 0.25) is 0 Å². The Morgan fingerprint density at radius 3 is 2.48 bits per heavy atom. The van der Waals surface area contributed by atoms with Crippen LogP contribution in [0.4, 0.5) is 16.2 Å². The number of hydrogen-bond acceptors (Lipinski definition) is 5. The molecule has 8 nitrogen and oxygen atoms in total. The van der Waals surface area contributed by atoms with E-state index in [2.05, 4.69) is 16.0 Å². The number of anilines is 2. The minimum atomic E-state index is -0.440. The highest BCUT2D eigenvalue weighted by Gasteiger charge is 2.08. The maximum absolute atomic E-state index is 12.3. The molecule has 0 aliphatic heterocycles. The third kappa shape index (κ3) is 5.89. The molecule has 0 heterocycles. The fraction of sp³-hybridized carbons (Fsp3) is 0.105. The summed E-state index contributed by atoms with van der Waals surface area (Å²) in [5.74, 6) is 0.372. The second-order valence-electron chi connectivity index (χ2n) is 5.46. The Balaban J connectivity index is 1.92.